The lowest BCUT2D eigenvalue weighted by Crippen LogP contribution is -2.36. The maximum atomic E-state index is 12.1. The molecule has 0 aromatic heterocycles. The second-order valence-corrected chi connectivity index (χ2v) is 6.67. The fraction of sp³-hybridized carbons (Fsp3) is 0.929. The highest BCUT2D eigenvalue weighted by molar-refractivity contribution is 5.68. The van der Waals surface area contributed by atoms with Gasteiger partial charge in [-0.2, -0.15) is 0 Å². The first-order chi connectivity index (χ1) is 7.86. The first kappa shape index (κ1) is 12.7. The number of carbonyl (C=O) groups excluding carboxylic acids is 1. The highest BCUT2D eigenvalue weighted by Gasteiger charge is 2.49. The van der Waals surface area contributed by atoms with Crippen molar-refractivity contribution in [2.75, 3.05) is 13.1 Å². The topological polar surface area (TPSA) is 29.5 Å². The number of ether oxygens (including phenoxy) is 1. The van der Waals surface area contributed by atoms with Crippen molar-refractivity contribution >= 4 is 6.09 Å². The molecule has 1 amide bonds. The maximum Gasteiger partial charge on any atom is 0.410 e. The second-order valence-electron chi connectivity index (χ2n) is 6.67. The van der Waals surface area contributed by atoms with Crippen LogP contribution < -0.4 is 0 Å². The number of hydrogen-bond acceptors (Lipinski definition) is 2. The molecule has 0 spiro atoms. The van der Waals surface area contributed by atoms with Gasteiger partial charge >= 0.3 is 6.09 Å². The molecule has 0 aromatic carbocycles. The van der Waals surface area contributed by atoms with Gasteiger partial charge in [0.1, 0.15) is 5.60 Å². The summed E-state index contributed by atoms with van der Waals surface area (Å²) < 4.78 is 5.46. The van der Waals surface area contributed by atoms with Crippen LogP contribution in [0.3, 0.4) is 0 Å². The number of likely N-dealkylation sites (tertiary alicyclic amines) is 1. The van der Waals surface area contributed by atoms with E-state index in [4.69, 9.17) is 4.74 Å². The van der Waals surface area contributed by atoms with E-state index in [1.807, 2.05) is 25.7 Å². The second kappa shape index (κ2) is 4.18. The fourth-order valence-electron chi connectivity index (χ4n) is 3.46. The van der Waals surface area contributed by atoms with E-state index in [2.05, 4.69) is 6.92 Å². The number of amides is 1. The lowest BCUT2D eigenvalue weighted by molar-refractivity contribution is 0.0267. The van der Waals surface area contributed by atoms with Gasteiger partial charge in [0.15, 0.2) is 0 Å². The Balaban J connectivity index is 2.00. The highest BCUT2D eigenvalue weighted by atomic mass is 16.6. The van der Waals surface area contributed by atoms with Crippen molar-refractivity contribution < 1.29 is 9.53 Å². The minimum absolute atomic E-state index is 0.125. The van der Waals surface area contributed by atoms with E-state index in [-0.39, 0.29) is 11.7 Å². The molecule has 1 aliphatic heterocycles. The molecule has 98 valence electrons. The van der Waals surface area contributed by atoms with Crippen molar-refractivity contribution in [2.24, 2.45) is 11.3 Å². The third-order valence-electron chi connectivity index (χ3n) is 4.40. The van der Waals surface area contributed by atoms with Crippen molar-refractivity contribution in [1.29, 1.82) is 0 Å². The predicted molar refractivity (Wildman–Crippen MR) is 67.9 cm³/mol. The summed E-state index contributed by atoms with van der Waals surface area (Å²) in [5.41, 5.74) is 0.0189. The normalized spacial score (nSPS) is 32.7. The quantitative estimate of drug-likeness (QED) is 0.701. The number of hydrogen-bond donors (Lipinski definition) is 0. The molecule has 3 nitrogen and oxygen atoms in total. The van der Waals surface area contributed by atoms with Crippen molar-refractivity contribution in [3.8, 4) is 0 Å². The molecule has 1 heterocycles. The molecule has 17 heavy (non-hydrogen) atoms. The van der Waals surface area contributed by atoms with Gasteiger partial charge in [-0.3, -0.25) is 0 Å². The third-order valence-corrected chi connectivity index (χ3v) is 4.40. The highest BCUT2D eigenvalue weighted by Crippen LogP contribution is 2.50. The average Bonchev–Trinajstić information content (AvgIpc) is 2.70. The summed E-state index contributed by atoms with van der Waals surface area (Å²) in [5, 5.41) is 0. The third kappa shape index (κ3) is 2.43. The number of carbonyl (C=O) groups is 1. The summed E-state index contributed by atoms with van der Waals surface area (Å²) in [5.74, 6) is 0.708. The molecular weight excluding hydrogens is 214 g/mol. The Kier molecular flexibility index (Phi) is 3.13. The SMILES string of the molecule is CC[C@]12CCC[C@H]1CN(C(=O)OC(C)(C)C)C2. The van der Waals surface area contributed by atoms with Crippen LogP contribution in [0.2, 0.25) is 0 Å². The first-order valence-electron chi connectivity index (χ1n) is 6.84. The molecule has 2 rings (SSSR count). The lowest BCUT2D eigenvalue weighted by atomic mass is 9.78. The van der Waals surface area contributed by atoms with Gasteiger partial charge in [0.2, 0.25) is 0 Å². The van der Waals surface area contributed by atoms with Crippen LogP contribution in [-0.2, 0) is 4.74 Å². The van der Waals surface area contributed by atoms with Crippen LogP contribution in [0.5, 0.6) is 0 Å². The molecule has 1 saturated heterocycles. The van der Waals surface area contributed by atoms with Crippen LogP contribution >= 0.6 is 0 Å². The monoisotopic (exact) mass is 239 g/mol. The molecule has 1 saturated carbocycles. The fourth-order valence-corrected chi connectivity index (χ4v) is 3.46. The van der Waals surface area contributed by atoms with Gasteiger partial charge < -0.3 is 9.64 Å². The maximum absolute atomic E-state index is 12.1. The molecule has 2 aliphatic rings. The predicted octanol–water partition coefficient (Wildman–Crippen LogP) is 3.43. The molecule has 2 atom stereocenters. The Morgan fingerprint density at radius 2 is 2.18 bits per heavy atom. The van der Waals surface area contributed by atoms with Crippen molar-refractivity contribution in [1.82, 2.24) is 4.90 Å². The smallest absolute Gasteiger partial charge is 0.410 e. The van der Waals surface area contributed by atoms with Crippen LogP contribution in [0.1, 0.15) is 53.4 Å². The van der Waals surface area contributed by atoms with E-state index < -0.39 is 0 Å². The molecule has 0 radical (unpaired) electrons. The summed E-state index contributed by atoms with van der Waals surface area (Å²) >= 11 is 0. The molecular formula is C14H25NO2. The molecule has 0 unspecified atom stereocenters. The lowest BCUT2D eigenvalue weighted by Gasteiger charge is -2.28. The molecule has 0 bridgehead atoms. The molecule has 1 aliphatic carbocycles. The van der Waals surface area contributed by atoms with Gasteiger partial charge in [0.25, 0.3) is 0 Å². The Hall–Kier alpha value is -0.730. The van der Waals surface area contributed by atoms with Crippen molar-refractivity contribution in [2.45, 2.75) is 59.0 Å². The number of rotatable bonds is 1. The van der Waals surface area contributed by atoms with Gasteiger partial charge in [-0.05, 0) is 51.4 Å². The van der Waals surface area contributed by atoms with Gasteiger partial charge in [0.05, 0.1) is 0 Å². The minimum atomic E-state index is -0.381. The van der Waals surface area contributed by atoms with Crippen LogP contribution in [0, 0.1) is 11.3 Å². The Bertz CT molecular complexity index is 308. The molecule has 3 heteroatoms. The van der Waals surface area contributed by atoms with Crippen molar-refractivity contribution in [3.05, 3.63) is 0 Å². The summed E-state index contributed by atoms with van der Waals surface area (Å²) in [6.07, 6.45) is 4.97. The zero-order chi connectivity index (χ0) is 12.7. The summed E-state index contributed by atoms with van der Waals surface area (Å²) in [6.45, 7) is 9.86. The van der Waals surface area contributed by atoms with E-state index in [0.29, 0.717) is 11.3 Å². The Morgan fingerprint density at radius 3 is 2.71 bits per heavy atom. The Morgan fingerprint density at radius 1 is 1.47 bits per heavy atom. The van der Waals surface area contributed by atoms with Crippen molar-refractivity contribution in [3.63, 3.8) is 0 Å². The van der Waals surface area contributed by atoms with Gasteiger partial charge in [-0.1, -0.05) is 13.3 Å². The first-order valence-corrected chi connectivity index (χ1v) is 6.84. The zero-order valence-electron chi connectivity index (χ0n) is 11.6. The van der Waals surface area contributed by atoms with E-state index in [0.717, 1.165) is 13.1 Å². The largest absolute Gasteiger partial charge is 0.444 e. The van der Waals surface area contributed by atoms with E-state index >= 15 is 0 Å². The van der Waals surface area contributed by atoms with Gasteiger partial charge in [-0.15, -0.1) is 0 Å². The summed E-state index contributed by atoms with van der Waals surface area (Å²) in [7, 11) is 0. The Labute approximate surface area is 105 Å². The molecule has 0 aromatic rings. The number of fused-ring (bicyclic) bond motifs is 1. The molecule has 2 fully saturated rings. The van der Waals surface area contributed by atoms with E-state index in [1.54, 1.807) is 0 Å². The van der Waals surface area contributed by atoms with Crippen LogP contribution in [0.25, 0.3) is 0 Å². The standard InChI is InChI=1S/C14H25NO2/c1-5-14-8-6-7-11(14)9-15(10-14)12(16)17-13(2,3)4/h11H,5-10H2,1-4H3/t11-,14+/m0/s1. The average molecular weight is 239 g/mol. The molecule has 0 N–H and O–H groups in total. The zero-order valence-corrected chi connectivity index (χ0v) is 11.6. The van der Waals surface area contributed by atoms with Gasteiger partial charge in [-0.25, -0.2) is 4.79 Å². The number of nitrogens with zero attached hydrogens (tertiary/aromatic N) is 1. The van der Waals surface area contributed by atoms with Crippen LogP contribution in [0.15, 0.2) is 0 Å². The van der Waals surface area contributed by atoms with Crippen LogP contribution in [0.4, 0.5) is 4.79 Å². The summed E-state index contributed by atoms with van der Waals surface area (Å²) in [6, 6.07) is 0. The minimum Gasteiger partial charge on any atom is -0.444 e. The summed E-state index contributed by atoms with van der Waals surface area (Å²) in [4.78, 5) is 14.0. The van der Waals surface area contributed by atoms with E-state index in [1.165, 1.54) is 25.7 Å². The van der Waals surface area contributed by atoms with E-state index in [9.17, 15) is 4.79 Å². The van der Waals surface area contributed by atoms with Crippen LogP contribution in [-0.4, -0.2) is 29.7 Å². The van der Waals surface area contributed by atoms with Gasteiger partial charge in [0, 0.05) is 13.1 Å².